The summed E-state index contributed by atoms with van der Waals surface area (Å²) in [7, 11) is 0. The number of amides is 2. The van der Waals surface area contributed by atoms with Crippen molar-refractivity contribution in [1.29, 1.82) is 0 Å². The zero-order chi connectivity index (χ0) is 16.6. The summed E-state index contributed by atoms with van der Waals surface area (Å²) in [6.07, 6.45) is 2.30. The smallest absolute Gasteiger partial charge is 0.291 e. The molecule has 2 amide bonds. The molecule has 1 aromatic heterocycles. The molecule has 1 aliphatic heterocycles. The lowest BCUT2D eigenvalue weighted by Gasteiger charge is -2.26. The molecule has 1 N–H and O–H groups in total. The molecular formula is C18H20N2O3. The predicted molar refractivity (Wildman–Crippen MR) is 88.6 cm³/mol. The molecule has 0 atom stereocenters. The van der Waals surface area contributed by atoms with Crippen molar-refractivity contribution in [3.63, 3.8) is 0 Å². The first kappa shape index (κ1) is 15.3. The van der Waals surface area contributed by atoms with Crippen molar-refractivity contribution < 1.29 is 14.0 Å². The summed E-state index contributed by atoms with van der Waals surface area (Å²) < 4.78 is 5.09. The first-order chi connectivity index (χ1) is 10.9. The average molecular weight is 312 g/mol. The number of nitrogens with zero attached hydrogens (tertiary/aromatic N) is 1. The number of nitrogens with one attached hydrogen (secondary N) is 1. The molecule has 1 aromatic carbocycles. The molecule has 23 heavy (non-hydrogen) atoms. The highest BCUT2D eigenvalue weighted by atomic mass is 16.3. The van der Waals surface area contributed by atoms with Gasteiger partial charge in [0.2, 0.25) is 5.91 Å². The van der Waals surface area contributed by atoms with Crippen LogP contribution in [0.1, 0.15) is 36.9 Å². The molecule has 2 aromatic rings. The molecule has 1 aliphatic rings. The van der Waals surface area contributed by atoms with E-state index in [1.165, 1.54) is 6.26 Å². The van der Waals surface area contributed by atoms with Crippen molar-refractivity contribution >= 4 is 23.2 Å². The van der Waals surface area contributed by atoms with E-state index in [2.05, 4.69) is 5.32 Å². The number of carbonyl (C=O) groups is 2. The number of benzene rings is 1. The van der Waals surface area contributed by atoms with Crippen LogP contribution in [0, 0.1) is 5.41 Å². The maximum absolute atomic E-state index is 12.6. The molecule has 120 valence electrons. The van der Waals surface area contributed by atoms with Gasteiger partial charge in [-0.2, -0.15) is 0 Å². The van der Waals surface area contributed by atoms with Gasteiger partial charge in [0.15, 0.2) is 5.76 Å². The number of hydrogen-bond acceptors (Lipinski definition) is 3. The Balaban J connectivity index is 1.84. The van der Waals surface area contributed by atoms with Crippen LogP contribution in [0.15, 0.2) is 41.0 Å². The van der Waals surface area contributed by atoms with Gasteiger partial charge in [-0.15, -0.1) is 0 Å². The third-order valence-electron chi connectivity index (χ3n) is 3.87. The number of fused-ring (bicyclic) bond motifs is 1. The molecule has 0 fully saturated rings. The number of anilines is 2. The van der Waals surface area contributed by atoms with E-state index in [9.17, 15) is 9.59 Å². The minimum absolute atomic E-state index is 0.0887. The maximum Gasteiger partial charge on any atom is 0.291 e. The molecule has 0 aliphatic carbocycles. The Kier molecular flexibility index (Phi) is 3.72. The fourth-order valence-electron chi connectivity index (χ4n) is 2.67. The largest absolute Gasteiger partial charge is 0.459 e. The van der Waals surface area contributed by atoms with E-state index in [-0.39, 0.29) is 17.6 Å². The topological polar surface area (TPSA) is 62.6 Å². The highest BCUT2D eigenvalue weighted by Gasteiger charge is 2.32. The molecule has 0 radical (unpaired) electrons. The Morgan fingerprint density at radius 2 is 2.00 bits per heavy atom. The maximum atomic E-state index is 12.6. The zero-order valence-corrected chi connectivity index (χ0v) is 13.6. The van der Waals surface area contributed by atoms with E-state index in [1.54, 1.807) is 17.0 Å². The predicted octanol–water partition coefficient (Wildman–Crippen LogP) is 3.47. The molecule has 0 spiro atoms. The van der Waals surface area contributed by atoms with E-state index in [4.69, 9.17) is 4.42 Å². The van der Waals surface area contributed by atoms with Gasteiger partial charge in [0.25, 0.3) is 5.91 Å². The molecule has 5 heteroatoms. The first-order valence-corrected chi connectivity index (χ1v) is 7.66. The van der Waals surface area contributed by atoms with Gasteiger partial charge >= 0.3 is 0 Å². The average Bonchev–Trinajstić information content (AvgIpc) is 3.14. The minimum Gasteiger partial charge on any atom is -0.459 e. The zero-order valence-electron chi connectivity index (χ0n) is 13.6. The van der Waals surface area contributed by atoms with Crippen LogP contribution in [0.2, 0.25) is 0 Å². The lowest BCUT2D eigenvalue weighted by molar-refractivity contribution is -0.125. The fourth-order valence-corrected chi connectivity index (χ4v) is 2.67. The van der Waals surface area contributed by atoms with Crippen LogP contribution in [-0.2, 0) is 11.2 Å². The van der Waals surface area contributed by atoms with E-state index < -0.39 is 5.41 Å². The minimum atomic E-state index is -0.435. The van der Waals surface area contributed by atoms with Gasteiger partial charge in [-0.25, -0.2) is 0 Å². The third-order valence-corrected chi connectivity index (χ3v) is 3.87. The van der Waals surface area contributed by atoms with Gasteiger partial charge in [-0.1, -0.05) is 26.8 Å². The van der Waals surface area contributed by atoms with Crippen molar-refractivity contribution in [1.82, 2.24) is 0 Å². The third kappa shape index (κ3) is 2.99. The van der Waals surface area contributed by atoms with Crippen molar-refractivity contribution in [2.24, 2.45) is 5.41 Å². The Hall–Kier alpha value is -2.56. The molecule has 0 saturated heterocycles. The second-order valence-corrected chi connectivity index (χ2v) is 6.73. The molecule has 3 rings (SSSR count). The summed E-state index contributed by atoms with van der Waals surface area (Å²) in [4.78, 5) is 26.4. The Labute approximate surface area is 135 Å². The van der Waals surface area contributed by atoms with Gasteiger partial charge in [-0.05, 0) is 36.2 Å². The first-order valence-electron chi connectivity index (χ1n) is 7.66. The quantitative estimate of drug-likeness (QED) is 0.923. The molecule has 0 bridgehead atoms. The van der Waals surface area contributed by atoms with E-state index in [0.717, 1.165) is 17.7 Å². The van der Waals surface area contributed by atoms with Crippen LogP contribution in [0.3, 0.4) is 0 Å². The highest BCUT2D eigenvalue weighted by Crippen LogP contribution is 2.34. The van der Waals surface area contributed by atoms with Crippen molar-refractivity contribution in [3.8, 4) is 0 Å². The SMILES string of the molecule is CC(C)(C)C(=O)N1CCc2ccc(NC(=O)c3ccco3)cc21. The second-order valence-electron chi connectivity index (χ2n) is 6.73. The van der Waals surface area contributed by atoms with Gasteiger partial charge in [0.05, 0.1) is 6.26 Å². The van der Waals surface area contributed by atoms with Crippen molar-refractivity contribution in [2.75, 3.05) is 16.8 Å². The lowest BCUT2D eigenvalue weighted by Crippen LogP contribution is -2.38. The summed E-state index contributed by atoms with van der Waals surface area (Å²) >= 11 is 0. The summed E-state index contributed by atoms with van der Waals surface area (Å²) in [5.41, 5.74) is 2.22. The normalized spacial score (nSPS) is 13.8. The van der Waals surface area contributed by atoms with Crippen LogP contribution in [0.5, 0.6) is 0 Å². The van der Waals surface area contributed by atoms with Crippen molar-refractivity contribution in [2.45, 2.75) is 27.2 Å². The lowest BCUT2D eigenvalue weighted by atomic mass is 9.94. The van der Waals surface area contributed by atoms with Crippen LogP contribution in [0.25, 0.3) is 0 Å². The van der Waals surface area contributed by atoms with Gasteiger partial charge in [0.1, 0.15) is 0 Å². The van der Waals surface area contributed by atoms with Crippen LogP contribution in [-0.4, -0.2) is 18.4 Å². The monoisotopic (exact) mass is 312 g/mol. The van der Waals surface area contributed by atoms with Gasteiger partial charge < -0.3 is 14.6 Å². The summed E-state index contributed by atoms with van der Waals surface area (Å²) in [5.74, 6) is 0.0422. The van der Waals surface area contributed by atoms with Crippen LogP contribution < -0.4 is 10.2 Å². The summed E-state index contributed by atoms with van der Waals surface area (Å²) in [6.45, 7) is 6.42. The van der Waals surface area contributed by atoms with E-state index in [0.29, 0.717) is 12.2 Å². The Bertz CT molecular complexity index is 742. The molecule has 0 unspecified atom stereocenters. The number of furan rings is 1. The molecule has 2 heterocycles. The summed E-state index contributed by atoms with van der Waals surface area (Å²) in [6, 6.07) is 8.94. The van der Waals surface area contributed by atoms with E-state index >= 15 is 0 Å². The van der Waals surface area contributed by atoms with Crippen molar-refractivity contribution in [3.05, 3.63) is 47.9 Å². The van der Waals surface area contributed by atoms with Crippen LogP contribution in [0.4, 0.5) is 11.4 Å². The number of rotatable bonds is 2. The number of carbonyl (C=O) groups excluding carboxylic acids is 2. The van der Waals surface area contributed by atoms with E-state index in [1.807, 2.05) is 39.0 Å². The standard InChI is InChI=1S/C18H20N2O3/c1-18(2,3)17(22)20-9-8-12-6-7-13(11-14(12)20)19-16(21)15-5-4-10-23-15/h4-7,10-11H,8-9H2,1-3H3,(H,19,21). The fraction of sp³-hybridized carbons (Fsp3) is 0.333. The molecule has 5 nitrogen and oxygen atoms in total. The van der Waals surface area contributed by atoms with Gasteiger partial charge in [-0.3, -0.25) is 9.59 Å². The second kappa shape index (κ2) is 5.57. The Morgan fingerprint density at radius 1 is 1.22 bits per heavy atom. The highest BCUT2D eigenvalue weighted by molar-refractivity contribution is 6.03. The van der Waals surface area contributed by atoms with Gasteiger partial charge in [0, 0.05) is 23.3 Å². The van der Waals surface area contributed by atoms with Crippen LogP contribution >= 0.6 is 0 Å². The molecular weight excluding hydrogens is 292 g/mol. The summed E-state index contributed by atoms with van der Waals surface area (Å²) in [5, 5.41) is 2.80. The number of hydrogen-bond donors (Lipinski definition) is 1. The Morgan fingerprint density at radius 3 is 2.65 bits per heavy atom. The molecule has 0 saturated carbocycles.